The van der Waals surface area contributed by atoms with Gasteiger partial charge in [0.05, 0.1) is 32.1 Å². The van der Waals surface area contributed by atoms with Gasteiger partial charge in [-0.25, -0.2) is 28.2 Å². The van der Waals surface area contributed by atoms with E-state index in [4.69, 9.17) is 19.4 Å². The minimum Gasteiger partial charge on any atom is -0.522 e. The van der Waals surface area contributed by atoms with Gasteiger partial charge in [0.2, 0.25) is 10.3 Å². The zero-order valence-corrected chi connectivity index (χ0v) is 22.7. The van der Waals surface area contributed by atoms with E-state index in [0.717, 1.165) is 0 Å². The van der Waals surface area contributed by atoms with Crippen molar-refractivity contribution in [2.75, 3.05) is 45.2 Å². The maximum absolute atomic E-state index is 12.1. The Labute approximate surface area is 233 Å². The van der Waals surface area contributed by atoms with Crippen LogP contribution in [-0.4, -0.2) is 113 Å². The number of hydrogen-bond donors (Lipinski definition) is 4. The largest absolute Gasteiger partial charge is 1.00 e. The molecule has 0 spiro atoms. The normalized spacial score (nSPS) is 24.0. The number of anilines is 1. The summed E-state index contributed by atoms with van der Waals surface area (Å²) in [5.41, 5.74) is 6.22. The van der Waals surface area contributed by atoms with Crippen LogP contribution >= 0.6 is 0 Å². The monoisotopic (exact) mass is 552 g/mol. The van der Waals surface area contributed by atoms with Crippen LogP contribution in [0.4, 0.5) is 10.6 Å². The molecule has 17 nitrogen and oxygen atoms in total. The van der Waals surface area contributed by atoms with Crippen LogP contribution in [0.3, 0.4) is 0 Å². The van der Waals surface area contributed by atoms with Crippen molar-refractivity contribution < 1.29 is 71.4 Å². The van der Waals surface area contributed by atoms with Gasteiger partial charge in [0.25, 0.3) is 0 Å². The van der Waals surface area contributed by atoms with Crippen LogP contribution in [0.1, 0.15) is 12.6 Å². The number of nitrogen functional groups attached to an aromatic ring is 1. The molecule has 198 valence electrons. The summed E-state index contributed by atoms with van der Waals surface area (Å²) in [6.07, 6.45) is -3.38. The van der Waals surface area contributed by atoms with Gasteiger partial charge in [-0.1, -0.05) is 0 Å². The summed E-state index contributed by atoms with van der Waals surface area (Å²) in [5, 5.41) is 23.2. The second kappa shape index (κ2) is 12.6. The number of urea groups is 1. The van der Waals surface area contributed by atoms with Crippen molar-refractivity contribution in [2.24, 2.45) is 0 Å². The molecule has 4 rings (SSSR count). The van der Waals surface area contributed by atoms with Crippen LogP contribution in [0, 0.1) is 0 Å². The van der Waals surface area contributed by atoms with E-state index >= 15 is 0 Å². The van der Waals surface area contributed by atoms with Gasteiger partial charge < -0.3 is 45.2 Å². The van der Waals surface area contributed by atoms with Crippen LogP contribution in [-0.2, 0) is 28.8 Å². The van der Waals surface area contributed by atoms with Gasteiger partial charge in [0, 0.05) is 26.1 Å². The summed E-state index contributed by atoms with van der Waals surface area (Å²) in [4.78, 5) is 37.3. The Morgan fingerprint density at radius 1 is 1.22 bits per heavy atom. The predicted octanol–water partition coefficient (Wildman–Crippen LogP) is -5.37. The van der Waals surface area contributed by atoms with Crippen LogP contribution in [0.5, 0.6) is 0 Å². The molecule has 2 aromatic heterocycles. The first-order valence-electron chi connectivity index (χ1n) is 10.9. The van der Waals surface area contributed by atoms with Crippen molar-refractivity contribution >= 4 is 39.2 Å². The molecule has 0 aromatic carbocycles. The number of nitrogens with zero attached hydrogens (tertiary/aromatic N) is 6. The number of morpholine rings is 1. The second-order valence-electron chi connectivity index (χ2n) is 7.91. The van der Waals surface area contributed by atoms with E-state index in [-0.39, 0.29) is 59.5 Å². The van der Waals surface area contributed by atoms with Gasteiger partial charge in [-0.15, -0.1) is 0 Å². The molecule has 0 radical (unpaired) electrons. The standard InChI is InChI=1S/C18H26N8O9S.Na/c19-15-12-16(22-8-21-15)26(9-23-12)17-14(29)13(28)10(35-17)7-34-36(31,32)24-11(27)1-2-20-18(30)25-3-5-33-6-4-25;/h8-10,13-14,17,28-29H,1-7H2,(H4,19,20,21,22,24,27,30);/q;+1/p-1/t10-,13-,14-,17-;/m1./s1. The van der Waals surface area contributed by atoms with Crippen molar-refractivity contribution in [3.63, 3.8) is 0 Å². The molecule has 2 aliphatic rings. The molecule has 19 heteroatoms. The van der Waals surface area contributed by atoms with Crippen molar-refractivity contribution in [1.29, 1.82) is 0 Å². The molecule has 0 unspecified atom stereocenters. The number of nitrogens with one attached hydrogen (secondary N) is 1. The Kier molecular flexibility index (Phi) is 10.0. The van der Waals surface area contributed by atoms with Gasteiger partial charge >= 0.3 is 35.6 Å². The van der Waals surface area contributed by atoms with Crippen molar-refractivity contribution in [3.8, 4) is 0 Å². The summed E-state index contributed by atoms with van der Waals surface area (Å²) in [7, 11) is -4.69. The molecule has 0 aliphatic carbocycles. The molecule has 2 aromatic rings. The average Bonchev–Trinajstić information content (AvgIpc) is 3.40. The van der Waals surface area contributed by atoms with E-state index in [1.807, 2.05) is 0 Å². The quantitative estimate of drug-likeness (QED) is 0.224. The minimum absolute atomic E-state index is 0. The van der Waals surface area contributed by atoms with Crippen molar-refractivity contribution in [2.45, 2.75) is 31.0 Å². The topological polar surface area (TPSA) is 235 Å². The Balaban J connectivity index is 0.00000380. The predicted molar refractivity (Wildman–Crippen MR) is 119 cm³/mol. The minimum atomic E-state index is -4.69. The van der Waals surface area contributed by atoms with Gasteiger partial charge in [0.1, 0.15) is 30.2 Å². The Morgan fingerprint density at radius 2 is 1.95 bits per heavy atom. The number of amides is 3. The number of aromatic nitrogens is 4. The number of hydrogen-bond acceptors (Lipinski definition) is 13. The number of aliphatic hydroxyl groups excluding tert-OH is 2. The molecule has 4 heterocycles. The molecular formula is C18H25N8NaO9S. The Hall–Kier alpha value is -2.16. The number of ether oxygens (including phenoxy) is 2. The van der Waals surface area contributed by atoms with E-state index in [0.29, 0.717) is 26.3 Å². The molecule has 0 saturated carbocycles. The fourth-order valence-electron chi connectivity index (χ4n) is 3.66. The molecule has 2 aliphatic heterocycles. The summed E-state index contributed by atoms with van der Waals surface area (Å²) in [5.74, 6) is -0.935. The zero-order chi connectivity index (χ0) is 25.9. The smallest absolute Gasteiger partial charge is 0.522 e. The fraction of sp³-hybridized carbons (Fsp3) is 0.611. The second-order valence-corrected chi connectivity index (χ2v) is 9.18. The number of rotatable bonds is 8. The number of carbonyl (C=O) groups is 2. The maximum atomic E-state index is 12.1. The first kappa shape index (κ1) is 29.4. The Morgan fingerprint density at radius 3 is 2.68 bits per heavy atom. The molecular weight excluding hydrogens is 527 g/mol. The van der Waals surface area contributed by atoms with Gasteiger partial charge in [-0.2, -0.15) is 0 Å². The number of aliphatic hydroxyl groups is 2. The first-order valence-corrected chi connectivity index (χ1v) is 12.2. The molecule has 37 heavy (non-hydrogen) atoms. The fourth-order valence-corrected chi connectivity index (χ4v) is 4.36. The zero-order valence-electron chi connectivity index (χ0n) is 19.8. The van der Waals surface area contributed by atoms with E-state index in [1.54, 1.807) is 0 Å². The third-order valence-electron chi connectivity index (χ3n) is 5.51. The van der Waals surface area contributed by atoms with E-state index in [1.165, 1.54) is 22.1 Å². The average molecular weight is 553 g/mol. The van der Waals surface area contributed by atoms with Gasteiger partial charge in [-0.3, -0.25) is 8.75 Å². The third kappa shape index (κ3) is 7.03. The SMILES string of the molecule is Nc1ncnc2c1ncn2[C@@H]1O[C@H](COS(=O)(=O)[N-]C(=O)CCNC(=O)N2CCOCC2)[C@@H](O)[C@H]1O.[Na+]. The Bertz CT molecular complexity index is 1210. The number of carbonyl (C=O) groups excluding carboxylic acids is 2. The van der Waals surface area contributed by atoms with E-state index in [2.05, 4.69) is 25.0 Å². The maximum Gasteiger partial charge on any atom is 1.00 e. The van der Waals surface area contributed by atoms with Crippen LogP contribution in [0.2, 0.25) is 0 Å². The summed E-state index contributed by atoms with van der Waals surface area (Å²) < 4.78 is 43.9. The molecule has 0 bridgehead atoms. The molecule has 2 saturated heterocycles. The van der Waals surface area contributed by atoms with Gasteiger partial charge in [-0.05, 0) is 0 Å². The first-order chi connectivity index (χ1) is 17.2. The van der Waals surface area contributed by atoms with Crippen LogP contribution < -0.4 is 40.6 Å². The van der Waals surface area contributed by atoms with Crippen LogP contribution in [0.25, 0.3) is 15.9 Å². The molecule has 4 atom stereocenters. The molecule has 5 N–H and O–H groups in total. The van der Waals surface area contributed by atoms with Gasteiger partial charge in [0.15, 0.2) is 17.7 Å². The number of fused-ring (bicyclic) bond motifs is 1. The van der Waals surface area contributed by atoms with E-state index < -0.39 is 53.4 Å². The summed E-state index contributed by atoms with van der Waals surface area (Å²) in [6, 6.07) is -0.398. The van der Waals surface area contributed by atoms with E-state index in [9.17, 15) is 28.2 Å². The molecule has 3 amide bonds. The number of nitrogens with two attached hydrogens (primary N) is 1. The number of imidazole rings is 1. The van der Waals surface area contributed by atoms with Crippen molar-refractivity contribution in [1.82, 2.24) is 29.7 Å². The third-order valence-corrected chi connectivity index (χ3v) is 6.37. The summed E-state index contributed by atoms with van der Waals surface area (Å²) >= 11 is 0. The van der Waals surface area contributed by atoms with Crippen LogP contribution in [0.15, 0.2) is 12.7 Å². The van der Waals surface area contributed by atoms with Crippen molar-refractivity contribution in [3.05, 3.63) is 17.4 Å². The summed E-state index contributed by atoms with van der Waals surface area (Å²) in [6.45, 7) is 0.795. The molecule has 2 fully saturated rings.